The van der Waals surface area contributed by atoms with Crippen molar-refractivity contribution < 1.29 is 18.7 Å². The van der Waals surface area contributed by atoms with E-state index in [0.29, 0.717) is 22.9 Å². The molecule has 1 N–H and O–H groups in total. The van der Waals surface area contributed by atoms with Crippen molar-refractivity contribution in [3.05, 3.63) is 82.5 Å². The first-order valence-corrected chi connectivity index (χ1v) is 14.4. The smallest absolute Gasteiger partial charge is 0.221 e. The molecule has 2 aromatic carbocycles. The molecule has 4 heterocycles. The summed E-state index contributed by atoms with van der Waals surface area (Å²) < 4.78 is 28.5. The molecule has 2 aromatic heterocycles. The highest BCUT2D eigenvalue weighted by molar-refractivity contribution is 6.30. The van der Waals surface area contributed by atoms with Gasteiger partial charge in [0.25, 0.3) is 0 Å². The van der Waals surface area contributed by atoms with Crippen LogP contribution in [-0.2, 0) is 29.0 Å². The van der Waals surface area contributed by atoms with Gasteiger partial charge in [0.15, 0.2) is 0 Å². The number of anilines is 1. The molecule has 0 spiro atoms. The lowest BCUT2D eigenvalue weighted by atomic mass is 10.1. The number of carbonyl (C=O) groups is 1. The number of benzene rings is 2. The summed E-state index contributed by atoms with van der Waals surface area (Å²) in [5.41, 5.74) is 3.96. The number of pyridine rings is 1. The molecular weight excluding hydrogens is 545 g/mol. The molecule has 2 aliphatic heterocycles. The molecule has 6 rings (SSSR count). The fourth-order valence-electron chi connectivity index (χ4n) is 5.46. The van der Waals surface area contributed by atoms with Crippen molar-refractivity contribution in [3.63, 3.8) is 0 Å². The lowest BCUT2D eigenvalue weighted by Crippen LogP contribution is -2.39. The number of fused-ring (bicyclic) bond motifs is 1. The van der Waals surface area contributed by atoms with Crippen molar-refractivity contribution in [2.45, 2.75) is 57.9 Å². The first kappa shape index (κ1) is 27.6. The molecular formula is C31H33ClFN5O3. The summed E-state index contributed by atoms with van der Waals surface area (Å²) in [6.07, 6.45) is 3.43. The molecule has 1 amide bonds. The first-order chi connectivity index (χ1) is 19.9. The molecule has 4 aromatic rings. The zero-order valence-corrected chi connectivity index (χ0v) is 23.7. The Labute approximate surface area is 243 Å². The number of rotatable bonds is 9. The van der Waals surface area contributed by atoms with E-state index in [1.165, 1.54) is 13.0 Å². The van der Waals surface area contributed by atoms with Crippen LogP contribution in [0.4, 0.5) is 10.1 Å². The lowest BCUT2D eigenvalue weighted by Gasteiger charge is -2.32. The van der Waals surface area contributed by atoms with E-state index in [-0.39, 0.29) is 23.9 Å². The van der Waals surface area contributed by atoms with Gasteiger partial charge in [-0.1, -0.05) is 23.7 Å². The van der Waals surface area contributed by atoms with Gasteiger partial charge in [0.1, 0.15) is 17.7 Å². The van der Waals surface area contributed by atoms with Gasteiger partial charge in [-0.25, -0.2) is 14.4 Å². The fraction of sp³-hybridized carbons (Fsp3) is 0.387. The average Bonchev–Trinajstić information content (AvgIpc) is 3.24. The van der Waals surface area contributed by atoms with Crippen LogP contribution < -0.4 is 10.1 Å². The second kappa shape index (κ2) is 12.1. The number of nitrogens with zero attached hydrogens (tertiary/aromatic N) is 4. The number of piperidine rings is 1. The molecule has 1 atom stereocenters. The van der Waals surface area contributed by atoms with E-state index in [1.807, 2.05) is 36.4 Å². The van der Waals surface area contributed by atoms with E-state index < -0.39 is 0 Å². The summed E-state index contributed by atoms with van der Waals surface area (Å²) in [6.45, 7) is 5.56. The standard InChI is InChI=1S/C31H33ClFN5O3/c1-20(39)34-24-7-8-29-28(17-24)36-30(38(29)18-26-11-14-40-26)19-37-12-9-25(10-13-37)41-31-4-2-3-23(35-31)15-21-5-6-22(32)16-27(21)33/h2-8,16-17,25-26H,9-15,18-19H2,1H3,(H,34,39). The number of hydrogen-bond acceptors (Lipinski definition) is 6. The number of nitrogens with one attached hydrogen (secondary N) is 1. The van der Waals surface area contributed by atoms with E-state index in [0.717, 1.165) is 80.3 Å². The van der Waals surface area contributed by atoms with Gasteiger partial charge in [-0.2, -0.15) is 0 Å². The van der Waals surface area contributed by atoms with Gasteiger partial charge >= 0.3 is 0 Å². The third-order valence-electron chi connectivity index (χ3n) is 7.68. The second-order valence-electron chi connectivity index (χ2n) is 10.8. The minimum atomic E-state index is -0.333. The van der Waals surface area contributed by atoms with Crippen molar-refractivity contribution in [3.8, 4) is 5.88 Å². The van der Waals surface area contributed by atoms with Crippen LogP contribution in [0, 0.1) is 5.82 Å². The largest absolute Gasteiger partial charge is 0.474 e. The zero-order chi connectivity index (χ0) is 28.3. The van der Waals surface area contributed by atoms with Crippen LogP contribution in [0.2, 0.25) is 5.02 Å². The zero-order valence-electron chi connectivity index (χ0n) is 23.0. The highest BCUT2D eigenvalue weighted by atomic mass is 35.5. The van der Waals surface area contributed by atoms with Crippen molar-refractivity contribution in [1.29, 1.82) is 0 Å². The Bertz CT molecular complexity index is 1550. The van der Waals surface area contributed by atoms with E-state index in [4.69, 9.17) is 26.1 Å². The van der Waals surface area contributed by atoms with Gasteiger partial charge < -0.3 is 19.4 Å². The van der Waals surface area contributed by atoms with Gasteiger partial charge in [-0.05, 0) is 61.2 Å². The normalized spacial score (nSPS) is 17.9. The van der Waals surface area contributed by atoms with Crippen LogP contribution in [0.15, 0.2) is 54.6 Å². The fourth-order valence-corrected chi connectivity index (χ4v) is 5.61. The predicted molar refractivity (Wildman–Crippen MR) is 156 cm³/mol. The van der Waals surface area contributed by atoms with Gasteiger partial charge in [0, 0.05) is 55.5 Å². The summed E-state index contributed by atoms with van der Waals surface area (Å²) in [7, 11) is 0. The summed E-state index contributed by atoms with van der Waals surface area (Å²) in [6, 6.07) is 16.2. The van der Waals surface area contributed by atoms with Crippen LogP contribution >= 0.6 is 11.6 Å². The highest BCUT2D eigenvalue weighted by Gasteiger charge is 2.25. The number of halogens is 2. The number of amides is 1. The molecule has 214 valence electrons. The second-order valence-corrected chi connectivity index (χ2v) is 11.2. The molecule has 0 saturated carbocycles. The summed E-state index contributed by atoms with van der Waals surface area (Å²) in [5.74, 6) is 1.13. The summed E-state index contributed by atoms with van der Waals surface area (Å²) in [5, 5.41) is 3.23. The van der Waals surface area contributed by atoms with E-state index in [2.05, 4.69) is 19.8 Å². The molecule has 10 heteroatoms. The van der Waals surface area contributed by atoms with Crippen molar-refractivity contribution in [2.24, 2.45) is 0 Å². The van der Waals surface area contributed by atoms with Crippen LogP contribution in [-0.4, -0.2) is 57.2 Å². The summed E-state index contributed by atoms with van der Waals surface area (Å²) in [4.78, 5) is 23.5. The maximum atomic E-state index is 14.3. The molecule has 1 unspecified atom stereocenters. The molecule has 2 saturated heterocycles. The molecule has 0 radical (unpaired) electrons. The van der Waals surface area contributed by atoms with Crippen LogP contribution in [0.25, 0.3) is 11.0 Å². The minimum absolute atomic E-state index is 0.0590. The maximum absolute atomic E-state index is 14.3. The Balaban J connectivity index is 1.09. The third-order valence-corrected chi connectivity index (χ3v) is 7.92. The topological polar surface area (TPSA) is 81.5 Å². The minimum Gasteiger partial charge on any atom is -0.474 e. The third kappa shape index (κ3) is 6.69. The van der Waals surface area contributed by atoms with Crippen LogP contribution in [0.1, 0.15) is 43.3 Å². The number of carbonyl (C=O) groups excluding carboxylic acids is 1. The van der Waals surface area contributed by atoms with Gasteiger partial charge in [0.05, 0.1) is 30.2 Å². The molecule has 0 bridgehead atoms. The molecule has 0 aliphatic carbocycles. The van der Waals surface area contributed by atoms with Crippen LogP contribution in [0.5, 0.6) is 5.88 Å². The average molecular weight is 578 g/mol. The van der Waals surface area contributed by atoms with Gasteiger partial charge in [0.2, 0.25) is 11.8 Å². The number of imidazole rings is 1. The lowest BCUT2D eigenvalue weighted by molar-refractivity contribution is -0.114. The first-order valence-electron chi connectivity index (χ1n) is 14.1. The number of aromatic nitrogens is 3. The van der Waals surface area contributed by atoms with Crippen molar-refractivity contribution in [2.75, 3.05) is 25.0 Å². The Hall–Kier alpha value is -3.53. The molecule has 8 nitrogen and oxygen atoms in total. The summed E-state index contributed by atoms with van der Waals surface area (Å²) >= 11 is 5.88. The predicted octanol–water partition coefficient (Wildman–Crippen LogP) is 5.61. The monoisotopic (exact) mass is 577 g/mol. The van der Waals surface area contributed by atoms with Crippen molar-refractivity contribution in [1.82, 2.24) is 19.4 Å². The van der Waals surface area contributed by atoms with Gasteiger partial charge in [-0.3, -0.25) is 9.69 Å². The number of likely N-dealkylation sites (tertiary alicyclic amines) is 1. The Kier molecular flexibility index (Phi) is 8.18. The van der Waals surface area contributed by atoms with E-state index in [1.54, 1.807) is 12.1 Å². The number of ether oxygens (including phenoxy) is 2. The molecule has 41 heavy (non-hydrogen) atoms. The molecule has 2 fully saturated rings. The Morgan fingerprint density at radius 2 is 1.95 bits per heavy atom. The number of hydrogen-bond donors (Lipinski definition) is 1. The SMILES string of the molecule is CC(=O)Nc1ccc2c(c1)nc(CN1CCC(Oc3cccc(Cc4ccc(Cl)cc4F)n3)CC1)n2CC1CCO1. The Morgan fingerprint density at radius 1 is 1.12 bits per heavy atom. The highest BCUT2D eigenvalue weighted by Crippen LogP contribution is 2.26. The Morgan fingerprint density at radius 3 is 2.68 bits per heavy atom. The van der Waals surface area contributed by atoms with Crippen molar-refractivity contribution >= 4 is 34.2 Å². The van der Waals surface area contributed by atoms with E-state index in [9.17, 15) is 9.18 Å². The van der Waals surface area contributed by atoms with Gasteiger partial charge in [-0.15, -0.1) is 0 Å². The van der Waals surface area contributed by atoms with Crippen LogP contribution in [0.3, 0.4) is 0 Å². The maximum Gasteiger partial charge on any atom is 0.221 e. The molecule has 2 aliphatic rings. The quantitative estimate of drug-likeness (QED) is 0.279. The van der Waals surface area contributed by atoms with E-state index >= 15 is 0 Å².